The minimum Gasteiger partial charge on any atom is -0.308 e. The second kappa shape index (κ2) is 10.9. The van der Waals surface area contributed by atoms with E-state index >= 15 is 0 Å². The van der Waals surface area contributed by atoms with Gasteiger partial charge in [-0.15, -0.1) is 0 Å². The van der Waals surface area contributed by atoms with Gasteiger partial charge in [0, 0.05) is 30.1 Å². The van der Waals surface area contributed by atoms with Crippen molar-refractivity contribution in [3.05, 3.63) is 29.7 Å². The number of hydrogen-bond donors (Lipinski definition) is 0. The molecule has 0 N–H and O–H groups in total. The van der Waals surface area contributed by atoms with Gasteiger partial charge in [-0.05, 0) is 63.1 Å². The number of hydrogen-bond acceptors (Lipinski definition) is 4. The molecule has 1 unspecified atom stereocenters. The summed E-state index contributed by atoms with van der Waals surface area (Å²) in [5, 5.41) is 5.08. The molecule has 28 heavy (non-hydrogen) atoms. The summed E-state index contributed by atoms with van der Waals surface area (Å²) >= 11 is 8.21. The van der Waals surface area contributed by atoms with Gasteiger partial charge >= 0.3 is 0 Å². The average Bonchev–Trinajstić information content (AvgIpc) is 3.39. The van der Waals surface area contributed by atoms with Crippen LogP contribution in [0, 0.1) is 11.8 Å². The highest BCUT2D eigenvalue weighted by Gasteiger charge is 2.31. The quantitative estimate of drug-likeness (QED) is 0.348. The first-order valence-corrected chi connectivity index (χ1v) is 11.4. The molecule has 1 atom stereocenters. The van der Waals surface area contributed by atoms with Gasteiger partial charge < -0.3 is 4.90 Å². The van der Waals surface area contributed by atoms with Gasteiger partial charge in [0.25, 0.3) is 0 Å². The molecule has 1 aliphatic carbocycles. The zero-order chi connectivity index (χ0) is 20.7. The van der Waals surface area contributed by atoms with Crippen molar-refractivity contribution in [1.82, 2.24) is 9.78 Å². The smallest absolute Gasteiger partial charge is 0.228 e. The Labute approximate surface area is 177 Å². The van der Waals surface area contributed by atoms with E-state index in [1.165, 1.54) is 12.8 Å². The van der Waals surface area contributed by atoms with Gasteiger partial charge in [-0.2, -0.15) is 16.9 Å². The fraction of sp³-hybridized carbons (Fsp3) is 0.571. The van der Waals surface area contributed by atoms with Crippen LogP contribution < -0.4 is 4.90 Å². The summed E-state index contributed by atoms with van der Waals surface area (Å²) in [5.41, 5.74) is 1.58. The fourth-order valence-electron chi connectivity index (χ4n) is 3.01. The van der Waals surface area contributed by atoms with Gasteiger partial charge in [0.2, 0.25) is 5.91 Å². The molecule has 5 nitrogen and oxygen atoms in total. The molecule has 1 heterocycles. The Hall–Kier alpha value is -1.53. The molecule has 2 rings (SSSR count). The summed E-state index contributed by atoms with van der Waals surface area (Å²) in [4.78, 5) is 18.7. The van der Waals surface area contributed by atoms with Gasteiger partial charge in [0.05, 0.1) is 6.20 Å². The van der Waals surface area contributed by atoms with Crippen LogP contribution in [-0.4, -0.2) is 40.5 Å². The number of amides is 1. The maximum absolute atomic E-state index is 13.2. The van der Waals surface area contributed by atoms with Crippen LogP contribution in [0.4, 0.5) is 5.69 Å². The molecule has 0 spiro atoms. The zero-order valence-corrected chi connectivity index (χ0v) is 18.8. The van der Waals surface area contributed by atoms with Crippen molar-refractivity contribution in [2.24, 2.45) is 16.8 Å². The molecule has 1 saturated carbocycles. The number of carbonyl (C=O) groups excluding carboxylic acids is 1. The summed E-state index contributed by atoms with van der Waals surface area (Å²) in [5.74, 6) is 1.27. The monoisotopic (exact) mass is 422 g/mol. The van der Waals surface area contributed by atoms with E-state index in [1.807, 2.05) is 24.1 Å². The normalized spacial score (nSPS) is 16.0. The highest BCUT2D eigenvalue weighted by Crippen LogP contribution is 2.35. The molecule has 0 radical (unpaired) electrons. The van der Waals surface area contributed by atoms with Gasteiger partial charge in [-0.3, -0.25) is 9.79 Å². The highest BCUT2D eigenvalue weighted by atomic mass is 35.5. The van der Waals surface area contributed by atoms with Crippen LogP contribution in [0.2, 0.25) is 5.15 Å². The standard InChI is InChI=1S/C21H31ClN4OS/c1-15(2)11-18(28-5)12-20(27)25(13-17-8-9-17)19-14-26(24-21(19)22)16(3)7-6-10-23-4/h6-7,10,14-15,17-18H,4,8-9,11-13H2,1-3,5H3/b10-6-,16-7+. The number of rotatable bonds is 11. The lowest BCUT2D eigenvalue weighted by atomic mass is 10.1. The first-order chi connectivity index (χ1) is 13.3. The molecular formula is C21H31ClN4OS. The maximum Gasteiger partial charge on any atom is 0.228 e. The maximum atomic E-state index is 13.2. The fourth-order valence-corrected chi connectivity index (χ4v) is 4.13. The number of nitrogens with zero attached hydrogens (tertiary/aromatic N) is 4. The number of thioether (sulfide) groups is 1. The van der Waals surface area contributed by atoms with Gasteiger partial charge in [-0.1, -0.05) is 25.4 Å². The van der Waals surface area contributed by atoms with Crippen LogP contribution in [0.5, 0.6) is 0 Å². The van der Waals surface area contributed by atoms with E-state index in [2.05, 4.69) is 36.9 Å². The molecule has 154 valence electrons. The van der Waals surface area contributed by atoms with Crippen LogP contribution in [-0.2, 0) is 4.79 Å². The largest absolute Gasteiger partial charge is 0.308 e. The first kappa shape index (κ1) is 22.8. The van der Waals surface area contributed by atoms with Crippen molar-refractivity contribution in [2.75, 3.05) is 17.7 Å². The van der Waals surface area contributed by atoms with Gasteiger partial charge in [0.15, 0.2) is 5.15 Å². The lowest BCUT2D eigenvalue weighted by molar-refractivity contribution is -0.118. The summed E-state index contributed by atoms with van der Waals surface area (Å²) in [7, 11) is 0. The van der Waals surface area contributed by atoms with E-state index in [4.69, 9.17) is 11.6 Å². The lowest BCUT2D eigenvalue weighted by Crippen LogP contribution is -2.35. The number of aliphatic imine (C=N–C) groups is 1. The minimum atomic E-state index is 0.130. The summed E-state index contributed by atoms with van der Waals surface area (Å²) in [6, 6.07) is 0. The van der Waals surface area contributed by atoms with Crippen molar-refractivity contribution in [3.63, 3.8) is 0 Å². The first-order valence-electron chi connectivity index (χ1n) is 9.73. The molecule has 1 aliphatic rings. The third-order valence-electron chi connectivity index (χ3n) is 4.74. The molecule has 1 fully saturated rings. The van der Waals surface area contributed by atoms with Crippen molar-refractivity contribution < 1.29 is 4.79 Å². The molecule has 1 aromatic heterocycles. The molecule has 0 bridgehead atoms. The second-order valence-electron chi connectivity index (χ2n) is 7.72. The van der Waals surface area contributed by atoms with Gasteiger partial charge in [-0.25, -0.2) is 4.68 Å². The Bertz CT molecular complexity index is 737. The third-order valence-corrected chi connectivity index (χ3v) is 6.04. The molecule has 0 saturated heterocycles. The second-order valence-corrected chi connectivity index (χ2v) is 9.22. The molecule has 0 aromatic carbocycles. The van der Waals surface area contributed by atoms with E-state index in [0.29, 0.717) is 34.3 Å². The Kier molecular flexibility index (Phi) is 8.83. The highest BCUT2D eigenvalue weighted by molar-refractivity contribution is 7.99. The molecule has 1 aromatic rings. The molecule has 0 aliphatic heterocycles. The number of anilines is 1. The van der Waals surface area contributed by atoms with Crippen LogP contribution in [0.25, 0.3) is 5.70 Å². The minimum absolute atomic E-state index is 0.130. The number of aromatic nitrogens is 2. The van der Waals surface area contributed by atoms with Crippen molar-refractivity contribution in [3.8, 4) is 0 Å². The van der Waals surface area contributed by atoms with E-state index in [0.717, 1.165) is 18.7 Å². The topological polar surface area (TPSA) is 50.5 Å². The Morgan fingerprint density at radius 3 is 2.82 bits per heavy atom. The van der Waals surface area contributed by atoms with Gasteiger partial charge in [0.1, 0.15) is 5.69 Å². The van der Waals surface area contributed by atoms with Crippen molar-refractivity contribution >= 4 is 47.4 Å². The predicted octanol–water partition coefficient (Wildman–Crippen LogP) is 5.52. The summed E-state index contributed by atoms with van der Waals surface area (Å²) < 4.78 is 1.71. The number of halogens is 1. The Balaban J connectivity index is 2.22. The van der Waals surface area contributed by atoms with E-state index in [9.17, 15) is 4.79 Å². The Morgan fingerprint density at radius 1 is 1.54 bits per heavy atom. The number of carbonyl (C=O) groups is 1. The SMILES string of the molecule is C=N/C=C\C=C(/C)n1cc(N(CC2CC2)C(=O)CC(CC(C)C)SC)c(Cl)n1. The van der Waals surface area contributed by atoms with Crippen LogP contribution in [0.1, 0.15) is 46.5 Å². The van der Waals surface area contributed by atoms with Crippen LogP contribution in [0.15, 0.2) is 29.5 Å². The molecule has 1 amide bonds. The average molecular weight is 423 g/mol. The Morgan fingerprint density at radius 2 is 2.25 bits per heavy atom. The predicted molar refractivity (Wildman–Crippen MR) is 122 cm³/mol. The zero-order valence-electron chi connectivity index (χ0n) is 17.3. The van der Waals surface area contributed by atoms with Crippen molar-refractivity contribution in [1.29, 1.82) is 0 Å². The van der Waals surface area contributed by atoms with Crippen LogP contribution >= 0.6 is 23.4 Å². The van der Waals surface area contributed by atoms with E-state index < -0.39 is 0 Å². The number of allylic oxidation sites excluding steroid dienone is 3. The van der Waals surface area contributed by atoms with E-state index in [1.54, 1.807) is 28.7 Å². The summed E-state index contributed by atoms with van der Waals surface area (Å²) in [6.45, 7) is 10.5. The lowest BCUT2D eigenvalue weighted by Gasteiger charge is -2.24. The molecule has 7 heteroatoms. The summed E-state index contributed by atoms with van der Waals surface area (Å²) in [6.07, 6.45) is 13.1. The van der Waals surface area contributed by atoms with Crippen molar-refractivity contribution in [2.45, 2.75) is 51.7 Å². The third kappa shape index (κ3) is 6.82. The molecular weight excluding hydrogens is 392 g/mol. The van der Waals surface area contributed by atoms with E-state index in [-0.39, 0.29) is 5.91 Å². The van der Waals surface area contributed by atoms with Crippen LogP contribution in [0.3, 0.4) is 0 Å².